The number of benzene rings is 1. The summed E-state index contributed by atoms with van der Waals surface area (Å²) in [6.07, 6.45) is -1.23. The first-order valence-corrected chi connectivity index (χ1v) is 6.83. The number of hydrogen-bond acceptors (Lipinski definition) is 6. The first kappa shape index (κ1) is 15.0. The van der Waals surface area contributed by atoms with Crippen molar-refractivity contribution in [3.8, 4) is 0 Å². The van der Waals surface area contributed by atoms with E-state index in [1.165, 1.54) is 31.2 Å². The zero-order valence-corrected chi connectivity index (χ0v) is 11.3. The highest BCUT2D eigenvalue weighted by Crippen LogP contribution is 2.18. The summed E-state index contributed by atoms with van der Waals surface area (Å²) in [5, 5.41) is 0. The highest BCUT2D eigenvalue weighted by Gasteiger charge is 2.34. The molecule has 1 rings (SSSR count). The summed E-state index contributed by atoms with van der Waals surface area (Å²) in [7, 11) is -4.28. The van der Waals surface area contributed by atoms with Crippen LogP contribution in [0.2, 0.25) is 0 Å². The van der Waals surface area contributed by atoms with Crippen molar-refractivity contribution in [2.24, 2.45) is 0 Å². The topological polar surface area (TPSA) is 107 Å². The molecule has 1 aromatic rings. The van der Waals surface area contributed by atoms with Gasteiger partial charge in [0.15, 0.2) is 0 Å². The van der Waals surface area contributed by atoms with E-state index in [-0.39, 0.29) is 15.8 Å². The van der Waals surface area contributed by atoms with Crippen LogP contribution in [0.5, 0.6) is 0 Å². The molecule has 0 aliphatic rings. The molecule has 0 saturated heterocycles. The van der Waals surface area contributed by atoms with Crippen LogP contribution in [0.4, 0.5) is 10.5 Å². The van der Waals surface area contributed by atoms with Gasteiger partial charge in [-0.05, 0) is 31.2 Å². The van der Waals surface area contributed by atoms with Crippen LogP contribution in [0.25, 0.3) is 0 Å². The number of nitrogen functional groups attached to an aromatic ring is 1. The molecule has 1 aromatic carbocycles. The number of carbonyl (C=O) groups is 2. The lowest BCUT2D eigenvalue weighted by Gasteiger charge is -2.18. The van der Waals surface area contributed by atoms with Gasteiger partial charge in [0.25, 0.3) is 10.0 Å². The van der Waals surface area contributed by atoms with Gasteiger partial charge in [-0.2, -0.15) is 0 Å². The summed E-state index contributed by atoms with van der Waals surface area (Å²) in [5.74, 6) is -0.949. The average Bonchev–Trinajstić information content (AvgIpc) is 2.28. The number of ether oxygens (including phenoxy) is 1. The number of hydrogen-bond donors (Lipinski definition) is 1. The zero-order valence-electron chi connectivity index (χ0n) is 10.5. The first-order valence-electron chi connectivity index (χ1n) is 5.39. The molecular formula is C11H14N2O5S. The summed E-state index contributed by atoms with van der Waals surface area (Å²) >= 11 is 0. The lowest BCUT2D eigenvalue weighted by atomic mass is 10.3. The molecule has 0 aliphatic heterocycles. The number of rotatable bonds is 3. The van der Waals surface area contributed by atoms with Crippen molar-refractivity contribution in [3.05, 3.63) is 24.3 Å². The second kappa shape index (κ2) is 5.70. The summed E-state index contributed by atoms with van der Waals surface area (Å²) in [6.45, 7) is 2.43. The predicted molar refractivity (Wildman–Crippen MR) is 67.6 cm³/mol. The molecule has 2 N–H and O–H groups in total. The molecule has 0 unspecified atom stereocenters. The molecule has 104 valence electrons. The molecule has 0 radical (unpaired) electrons. The number of carbonyl (C=O) groups excluding carboxylic acids is 2. The van der Waals surface area contributed by atoms with E-state index in [0.29, 0.717) is 5.69 Å². The molecule has 0 saturated carbocycles. The van der Waals surface area contributed by atoms with Crippen molar-refractivity contribution in [2.75, 3.05) is 12.3 Å². The minimum absolute atomic E-state index is 0.0418. The van der Waals surface area contributed by atoms with Crippen LogP contribution >= 0.6 is 0 Å². The third-order valence-corrected chi connectivity index (χ3v) is 3.89. The molecule has 0 aromatic heterocycles. The maximum absolute atomic E-state index is 12.2. The van der Waals surface area contributed by atoms with E-state index >= 15 is 0 Å². The molecule has 8 heteroatoms. The molecule has 2 amide bonds. The Morgan fingerprint density at radius 3 is 2.21 bits per heavy atom. The lowest BCUT2D eigenvalue weighted by Crippen LogP contribution is -2.40. The standard InChI is InChI=1S/C11H14N2O5S/c1-3-18-11(15)13(8(2)14)19(16,17)10-6-4-9(12)5-7-10/h4-7H,3,12H2,1-2H3. The summed E-state index contributed by atoms with van der Waals surface area (Å²) < 4.78 is 29.0. The largest absolute Gasteiger partial charge is 0.449 e. The van der Waals surface area contributed by atoms with Crippen molar-refractivity contribution < 1.29 is 22.7 Å². The fourth-order valence-electron chi connectivity index (χ4n) is 1.32. The van der Waals surface area contributed by atoms with Crippen molar-refractivity contribution >= 4 is 27.7 Å². The van der Waals surface area contributed by atoms with Gasteiger partial charge >= 0.3 is 6.09 Å². The van der Waals surface area contributed by atoms with Crippen LogP contribution in [-0.2, 0) is 19.6 Å². The zero-order chi connectivity index (χ0) is 14.6. The van der Waals surface area contributed by atoms with Gasteiger partial charge in [-0.3, -0.25) is 4.79 Å². The summed E-state index contributed by atoms with van der Waals surface area (Å²) in [5.41, 5.74) is 5.81. The van der Waals surface area contributed by atoms with Crippen molar-refractivity contribution in [1.82, 2.24) is 4.31 Å². The van der Waals surface area contributed by atoms with E-state index in [9.17, 15) is 18.0 Å². The Morgan fingerprint density at radius 2 is 1.79 bits per heavy atom. The van der Waals surface area contributed by atoms with Crippen LogP contribution in [0.15, 0.2) is 29.2 Å². The highest BCUT2D eigenvalue weighted by molar-refractivity contribution is 7.90. The summed E-state index contributed by atoms with van der Waals surface area (Å²) in [4.78, 5) is 22.7. The molecule has 7 nitrogen and oxygen atoms in total. The predicted octanol–water partition coefficient (Wildman–Crippen LogP) is 0.963. The fraction of sp³-hybridized carbons (Fsp3) is 0.273. The van der Waals surface area contributed by atoms with Crippen LogP contribution in [0.1, 0.15) is 13.8 Å². The van der Waals surface area contributed by atoms with E-state index < -0.39 is 22.0 Å². The Labute approximate surface area is 111 Å². The van der Waals surface area contributed by atoms with Crippen molar-refractivity contribution in [1.29, 1.82) is 0 Å². The van der Waals surface area contributed by atoms with E-state index in [2.05, 4.69) is 4.74 Å². The van der Waals surface area contributed by atoms with Gasteiger partial charge in [0.2, 0.25) is 5.91 Å². The quantitative estimate of drug-likeness (QED) is 0.829. The molecule has 0 fully saturated rings. The van der Waals surface area contributed by atoms with Gasteiger partial charge in [-0.15, -0.1) is 4.31 Å². The normalized spacial score (nSPS) is 10.8. The molecule has 0 heterocycles. The maximum atomic E-state index is 12.2. The Kier molecular flexibility index (Phi) is 4.49. The minimum atomic E-state index is -4.28. The van der Waals surface area contributed by atoms with Gasteiger partial charge in [0.1, 0.15) is 0 Å². The van der Waals surface area contributed by atoms with E-state index in [1.54, 1.807) is 0 Å². The lowest BCUT2D eigenvalue weighted by molar-refractivity contribution is -0.123. The van der Waals surface area contributed by atoms with Crippen molar-refractivity contribution in [2.45, 2.75) is 18.7 Å². The number of sulfonamides is 1. The molecule has 0 atom stereocenters. The number of nitrogens with zero attached hydrogens (tertiary/aromatic N) is 1. The summed E-state index contributed by atoms with van der Waals surface area (Å²) in [6, 6.07) is 5.13. The van der Waals surface area contributed by atoms with Crippen LogP contribution in [-0.4, -0.2) is 31.3 Å². The van der Waals surface area contributed by atoms with Gasteiger partial charge in [-0.25, -0.2) is 13.2 Å². The minimum Gasteiger partial charge on any atom is -0.449 e. The Balaban J connectivity index is 3.24. The second-order valence-corrected chi connectivity index (χ2v) is 5.34. The van der Waals surface area contributed by atoms with Crippen molar-refractivity contribution in [3.63, 3.8) is 0 Å². The van der Waals surface area contributed by atoms with Gasteiger partial charge in [0, 0.05) is 12.6 Å². The maximum Gasteiger partial charge on any atom is 0.431 e. The van der Waals surface area contributed by atoms with E-state index in [1.807, 2.05) is 0 Å². The molecule has 0 aliphatic carbocycles. The molecule has 0 spiro atoms. The van der Waals surface area contributed by atoms with Crippen LogP contribution < -0.4 is 5.73 Å². The Bertz CT molecular complexity index is 580. The first-order chi connectivity index (χ1) is 8.80. The van der Waals surface area contributed by atoms with E-state index in [4.69, 9.17) is 5.73 Å². The monoisotopic (exact) mass is 286 g/mol. The fourth-order valence-corrected chi connectivity index (χ4v) is 2.60. The SMILES string of the molecule is CCOC(=O)N(C(C)=O)S(=O)(=O)c1ccc(N)cc1. The molecule has 19 heavy (non-hydrogen) atoms. The Hall–Kier alpha value is -2.09. The third kappa shape index (κ3) is 3.22. The number of anilines is 1. The van der Waals surface area contributed by atoms with Gasteiger partial charge in [0.05, 0.1) is 11.5 Å². The molecular weight excluding hydrogens is 272 g/mol. The second-order valence-electron chi connectivity index (χ2n) is 3.56. The van der Waals surface area contributed by atoms with Crippen LogP contribution in [0.3, 0.4) is 0 Å². The average molecular weight is 286 g/mol. The van der Waals surface area contributed by atoms with E-state index in [0.717, 1.165) is 6.92 Å². The highest BCUT2D eigenvalue weighted by atomic mass is 32.2. The Morgan fingerprint density at radius 1 is 1.26 bits per heavy atom. The number of imide groups is 1. The number of amides is 2. The molecule has 0 bridgehead atoms. The third-order valence-electron chi connectivity index (χ3n) is 2.14. The smallest absolute Gasteiger partial charge is 0.431 e. The van der Waals surface area contributed by atoms with Gasteiger partial charge in [-0.1, -0.05) is 0 Å². The number of nitrogens with two attached hydrogens (primary N) is 1. The van der Waals surface area contributed by atoms with Crippen LogP contribution in [0, 0.1) is 0 Å². The van der Waals surface area contributed by atoms with Gasteiger partial charge < -0.3 is 10.5 Å².